The molecule has 0 bridgehead atoms. The molecule has 1 saturated heterocycles. The molecule has 0 aliphatic carbocycles. The van der Waals surface area contributed by atoms with Crippen molar-refractivity contribution >= 4 is 15.9 Å². The number of benzene rings is 1. The normalized spacial score (nSPS) is 15.8. The molecule has 1 aromatic carbocycles. The molecule has 0 saturated carbocycles. The van der Waals surface area contributed by atoms with E-state index in [0.29, 0.717) is 37.2 Å². The summed E-state index contributed by atoms with van der Waals surface area (Å²) in [6, 6.07) is 4.35. The van der Waals surface area contributed by atoms with Crippen LogP contribution in [0.15, 0.2) is 27.4 Å². The lowest BCUT2D eigenvalue weighted by molar-refractivity contribution is -0.122. The second-order valence-corrected chi connectivity index (χ2v) is 11.9. The van der Waals surface area contributed by atoms with Crippen LogP contribution in [-0.4, -0.2) is 69.4 Å². The van der Waals surface area contributed by atoms with Gasteiger partial charge in [0.05, 0.1) is 32.1 Å². The van der Waals surface area contributed by atoms with Crippen molar-refractivity contribution in [1.82, 2.24) is 9.62 Å². The highest BCUT2D eigenvalue weighted by Crippen LogP contribution is 2.45. The van der Waals surface area contributed by atoms with Crippen LogP contribution in [0.2, 0.25) is 0 Å². The number of sulfonamides is 1. The average molecular weight is 553 g/mol. The highest BCUT2D eigenvalue weighted by Gasteiger charge is 2.33. The lowest BCUT2D eigenvalue weighted by atomic mass is 9.87. The maximum absolute atomic E-state index is 13.3. The average Bonchev–Trinajstić information content (AvgIpc) is 2.86. The number of aryl methyl sites for hydroxylation is 1. The fraction of sp³-hybridized carbons (Fsp3) is 0.538. The minimum Gasteiger partial charge on any atom is -0.507 e. The molecule has 2 N–H and O–H groups in total. The van der Waals surface area contributed by atoms with Crippen LogP contribution in [0.5, 0.6) is 23.0 Å². The van der Waals surface area contributed by atoms with Crippen LogP contribution in [0.25, 0.3) is 0 Å². The van der Waals surface area contributed by atoms with Gasteiger partial charge >= 0.3 is 5.63 Å². The molecule has 3 rings (SSSR count). The third kappa shape index (κ3) is 6.07. The Bertz CT molecular complexity index is 1310. The van der Waals surface area contributed by atoms with Crippen LogP contribution in [0.1, 0.15) is 55.9 Å². The van der Waals surface area contributed by atoms with Crippen molar-refractivity contribution in [2.75, 3.05) is 34.4 Å². The Morgan fingerprint density at radius 2 is 1.76 bits per heavy atom. The van der Waals surface area contributed by atoms with Gasteiger partial charge in [0.15, 0.2) is 11.5 Å². The van der Waals surface area contributed by atoms with Crippen LogP contribution in [0.3, 0.4) is 0 Å². The van der Waals surface area contributed by atoms with E-state index in [0.717, 1.165) is 0 Å². The number of nitrogens with zero attached hydrogens (tertiary/aromatic N) is 1. The van der Waals surface area contributed by atoms with Crippen molar-refractivity contribution in [3.8, 4) is 23.0 Å². The zero-order valence-electron chi connectivity index (χ0n) is 22.6. The van der Waals surface area contributed by atoms with Crippen molar-refractivity contribution in [3.05, 3.63) is 45.5 Å². The molecule has 0 unspecified atom stereocenters. The minimum absolute atomic E-state index is 0.0888. The lowest BCUT2D eigenvalue weighted by Gasteiger charge is -2.33. The number of nitrogens with one attached hydrogen (secondary N) is 1. The van der Waals surface area contributed by atoms with Crippen LogP contribution in [0.4, 0.5) is 0 Å². The molecule has 11 nitrogen and oxygen atoms in total. The molecular weight excluding hydrogens is 516 g/mol. The smallest absolute Gasteiger partial charge is 0.343 e. The second-order valence-electron chi connectivity index (χ2n) is 9.46. The number of amides is 1. The number of carbonyl (C=O) groups is 1. The summed E-state index contributed by atoms with van der Waals surface area (Å²) in [5.74, 6) is -0.495. The number of piperidine rings is 1. The third-order valence-electron chi connectivity index (χ3n) is 6.71. The molecule has 1 aliphatic heterocycles. The summed E-state index contributed by atoms with van der Waals surface area (Å²) < 4.78 is 48.1. The number of methoxy groups -OCH3 is 3. The summed E-state index contributed by atoms with van der Waals surface area (Å²) in [5.41, 5.74) is -0.442. The van der Waals surface area contributed by atoms with Gasteiger partial charge in [-0.3, -0.25) is 4.79 Å². The topological polar surface area (TPSA) is 145 Å². The van der Waals surface area contributed by atoms with Crippen molar-refractivity contribution in [1.29, 1.82) is 0 Å². The van der Waals surface area contributed by atoms with E-state index in [-0.39, 0.29) is 46.9 Å². The zero-order valence-corrected chi connectivity index (χ0v) is 23.4. The summed E-state index contributed by atoms with van der Waals surface area (Å²) >= 11 is 0. The number of carbonyl (C=O) groups excluding carboxylic acids is 1. The van der Waals surface area contributed by atoms with Gasteiger partial charge in [-0.05, 0) is 39.7 Å². The van der Waals surface area contributed by atoms with E-state index >= 15 is 0 Å². The SMILES string of the molecule is COc1ccc([C@@H](CC(=O)NC2CCN(S(=O)(=O)C(C)C)CC2)c2c(O)cc(C)oc2=O)c(OC)c1OC. The first-order valence-electron chi connectivity index (χ1n) is 12.3. The maximum Gasteiger partial charge on any atom is 0.343 e. The van der Waals surface area contributed by atoms with Gasteiger partial charge in [-0.15, -0.1) is 0 Å². The molecule has 0 radical (unpaired) electrons. The molecule has 1 aromatic heterocycles. The van der Waals surface area contributed by atoms with E-state index < -0.39 is 26.8 Å². The monoisotopic (exact) mass is 552 g/mol. The molecule has 12 heteroatoms. The number of hydrogen-bond acceptors (Lipinski definition) is 9. The van der Waals surface area contributed by atoms with Crippen LogP contribution in [-0.2, 0) is 14.8 Å². The van der Waals surface area contributed by atoms with Crippen molar-refractivity contribution in [3.63, 3.8) is 0 Å². The summed E-state index contributed by atoms with van der Waals surface area (Å²) in [5, 5.41) is 13.2. The molecule has 1 aliphatic rings. The first-order chi connectivity index (χ1) is 17.9. The van der Waals surface area contributed by atoms with Crippen LogP contribution >= 0.6 is 0 Å². The second kappa shape index (κ2) is 12.1. The van der Waals surface area contributed by atoms with Gasteiger partial charge in [-0.25, -0.2) is 17.5 Å². The molecule has 0 spiro atoms. The number of ether oxygens (including phenoxy) is 3. The Morgan fingerprint density at radius 3 is 2.29 bits per heavy atom. The van der Waals surface area contributed by atoms with Gasteiger partial charge < -0.3 is 29.1 Å². The predicted octanol–water partition coefficient (Wildman–Crippen LogP) is 2.52. The molecule has 1 atom stereocenters. The van der Waals surface area contributed by atoms with Crippen LogP contribution < -0.4 is 25.2 Å². The number of rotatable bonds is 10. The highest BCUT2D eigenvalue weighted by molar-refractivity contribution is 7.89. The standard InChI is InChI=1S/C26H36N2O9S/c1-15(2)38(32,33)28-11-9-17(10-12-28)27-22(30)14-19(23-20(29)13-16(3)37-26(23)31)18-7-8-21(34-4)25(36-6)24(18)35-5/h7-8,13,15,17,19,29H,9-12,14H2,1-6H3,(H,27,30)/t19-/m1/s1. The third-order valence-corrected chi connectivity index (χ3v) is 8.99. The predicted molar refractivity (Wildman–Crippen MR) is 141 cm³/mol. The van der Waals surface area contributed by atoms with Crippen molar-refractivity contribution < 1.29 is 36.9 Å². The summed E-state index contributed by atoms with van der Waals surface area (Å²) in [4.78, 5) is 26.2. The fourth-order valence-corrected chi connectivity index (χ4v) is 6.03. The van der Waals surface area contributed by atoms with Gasteiger partial charge in [-0.1, -0.05) is 6.07 Å². The van der Waals surface area contributed by atoms with E-state index in [1.54, 1.807) is 26.0 Å². The summed E-state index contributed by atoms with van der Waals surface area (Å²) in [7, 11) is 0.973. The molecule has 1 fully saturated rings. The Hall–Kier alpha value is -3.25. The molecule has 38 heavy (non-hydrogen) atoms. The Labute approximate surface area is 222 Å². The van der Waals surface area contributed by atoms with Gasteiger partial charge in [-0.2, -0.15) is 0 Å². The molecule has 2 heterocycles. The van der Waals surface area contributed by atoms with E-state index in [2.05, 4.69) is 5.32 Å². The van der Waals surface area contributed by atoms with Gasteiger partial charge in [0.1, 0.15) is 11.5 Å². The molecular formula is C26H36N2O9S. The van der Waals surface area contributed by atoms with E-state index in [1.807, 2.05) is 0 Å². The largest absolute Gasteiger partial charge is 0.507 e. The van der Waals surface area contributed by atoms with Crippen molar-refractivity contribution in [2.45, 2.75) is 57.2 Å². The van der Waals surface area contributed by atoms with E-state index in [1.165, 1.54) is 38.6 Å². The van der Waals surface area contributed by atoms with Gasteiger partial charge in [0.25, 0.3) is 0 Å². The highest BCUT2D eigenvalue weighted by atomic mass is 32.2. The van der Waals surface area contributed by atoms with Crippen molar-refractivity contribution in [2.24, 2.45) is 0 Å². The lowest BCUT2D eigenvalue weighted by Crippen LogP contribution is -2.48. The molecule has 1 amide bonds. The first-order valence-corrected chi connectivity index (χ1v) is 13.9. The van der Waals surface area contributed by atoms with Gasteiger partial charge in [0.2, 0.25) is 21.7 Å². The quantitative estimate of drug-likeness (QED) is 0.454. The number of hydrogen-bond donors (Lipinski definition) is 2. The fourth-order valence-electron chi connectivity index (χ4n) is 4.72. The Balaban J connectivity index is 1.92. The summed E-state index contributed by atoms with van der Waals surface area (Å²) in [6.45, 7) is 5.43. The summed E-state index contributed by atoms with van der Waals surface area (Å²) in [6.07, 6.45) is 0.706. The Kier molecular flexibility index (Phi) is 9.31. The Morgan fingerprint density at radius 1 is 1.13 bits per heavy atom. The molecule has 2 aromatic rings. The van der Waals surface area contributed by atoms with E-state index in [9.17, 15) is 23.1 Å². The van der Waals surface area contributed by atoms with Gasteiger partial charge in [0, 0.05) is 43.1 Å². The maximum atomic E-state index is 13.3. The van der Waals surface area contributed by atoms with E-state index in [4.69, 9.17) is 18.6 Å². The zero-order chi connectivity index (χ0) is 28.2. The van der Waals surface area contributed by atoms with Crippen LogP contribution in [0, 0.1) is 6.92 Å². The molecule has 210 valence electrons. The number of aromatic hydroxyl groups is 1. The first kappa shape index (κ1) is 29.3. The minimum atomic E-state index is -3.36.